The molecule has 1 aliphatic heterocycles. The smallest absolute Gasteiger partial charge is 0.290 e. The van der Waals surface area contributed by atoms with Crippen molar-refractivity contribution >= 4 is 16.9 Å². The Balaban J connectivity index is 1.73. The molecule has 2 aromatic carbocycles. The molecule has 6 heteroatoms. The molecule has 0 fully saturated rings. The van der Waals surface area contributed by atoms with Crippen molar-refractivity contribution in [1.82, 2.24) is 9.80 Å². The van der Waals surface area contributed by atoms with Crippen LogP contribution in [0.15, 0.2) is 51.7 Å². The molecule has 1 unspecified atom stereocenters. The fraction of sp³-hybridized carbons (Fsp3) is 0.448. The van der Waals surface area contributed by atoms with Gasteiger partial charge in [0.15, 0.2) is 5.43 Å². The summed E-state index contributed by atoms with van der Waals surface area (Å²) in [5, 5.41) is 0.517. The lowest BCUT2D eigenvalue weighted by atomic mass is 9.98. The van der Waals surface area contributed by atoms with Crippen LogP contribution in [0.2, 0.25) is 0 Å². The van der Waals surface area contributed by atoms with Crippen LogP contribution in [0.25, 0.3) is 11.0 Å². The fourth-order valence-corrected chi connectivity index (χ4v) is 4.79. The predicted molar refractivity (Wildman–Crippen MR) is 139 cm³/mol. The van der Waals surface area contributed by atoms with Crippen molar-refractivity contribution in [2.45, 2.75) is 53.0 Å². The number of benzene rings is 2. The van der Waals surface area contributed by atoms with E-state index in [9.17, 15) is 9.59 Å². The van der Waals surface area contributed by atoms with Crippen molar-refractivity contribution in [2.24, 2.45) is 0 Å². The summed E-state index contributed by atoms with van der Waals surface area (Å²) < 4.78 is 11.9. The molecule has 1 atom stereocenters. The largest absolute Gasteiger partial charge is 0.494 e. The third kappa shape index (κ3) is 5.13. The number of carbonyl (C=O) groups excluding carboxylic acids is 1. The SMILES string of the molecule is CCCCCOc1ccc(C2c3c(oc4ccc(C)cc4c3=O)C(=O)N2CCN(CC)CC)cc1. The number of hydrogen-bond donors (Lipinski definition) is 0. The number of carbonyl (C=O) groups is 1. The Morgan fingerprint density at radius 2 is 1.74 bits per heavy atom. The van der Waals surface area contributed by atoms with E-state index in [1.54, 1.807) is 11.0 Å². The summed E-state index contributed by atoms with van der Waals surface area (Å²) in [6.07, 6.45) is 3.32. The molecule has 0 spiro atoms. The second kappa shape index (κ2) is 11.1. The zero-order chi connectivity index (χ0) is 24.9. The number of likely N-dealkylation sites (N-methyl/N-ethyl adjacent to an activating group) is 1. The van der Waals surface area contributed by atoms with Gasteiger partial charge in [0, 0.05) is 13.1 Å². The number of amides is 1. The van der Waals surface area contributed by atoms with Gasteiger partial charge in [-0.2, -0.15) is 0 Å². The molecule has 0 aliphatic carbocycles. The van der Waals surface area contributed by atoms with E-state index in [0.29, 0.717) is 29.7 Å². The van der Waals surface area contributed by atoms with Crippen LogP contribution in [0, 0.1) is 6.92 Å². The summed E-state index contributed by atoms with van der Waals surface area (Å²) in [7, 11) is 0. The normalized spacial score (nSPS) is 15.3. The molecule has 1 aromatic heterocycles. The highest BCUT2D eigenvalue weighted by Gasteiger charge is 2.42. The van der Waals surface area contributed by atoms with E-state index < -0.39 is 6.04 Å². The first kappa shape index (κ1) is 25.0. The van der Waals surface area contributed by atoms with Crippen molar-refractivity contribution in [3.8, 4) is 5.75 Å². The highest BCUT2D eigenvalue weighted by molar-refractivity contribution is 5.99. The number of nitrogens with zero attached hydrogens (tertiary/aromatic N) is 2. The van der Waals surface area contributed by atoms with E-state index in [1.165, 1.54) is 0 Å². The van der Waals surface area contributed by atoms with Crippen LogP contribution in [0.4, 0.5) is 0 Å². The van der Waals surface area contributed by atoms with Crippen molar-refractivity contribution < 1.29 is 13.9 Å². The van der Waals surface area contributed by atoms with Gasteiger partial charge in [-0.3, -0.25) is 9.59 Å². The third-order valence-corrected chi connectivity index (χ3v) is 6.89. The molecule has 0 radical (unpaired) electrons. The lowest BCUT2D eigenvalue weighted by Gasteiger charge is -2.28. The lowest BCUT2D eigenvalue weighted by molar-refractivity contribution is 0.0708. The Morgan fingerprint density at radius 1 is 1.00 bits per heavy atom. The highest BCUT2D eigenvalue weighted by Crippen LogP contribution is 2.38. The van der Waals surface area contributed by atoms with Crippen LogP contribution in [-0.2, 0) is 0 Å². The van der Waals surface area contributed by atoms with Crippen molar-refractivity contribution in [2.75, 3.05) is 32.8 Å². The Hall–Kier alpha value is -3.12. The molecule has 186 valence electrons. The Labute approximate surface area is 207 Å². The number of hydrogen-bond acceptors (Lipinski definition) is 5. The van der Waals surface area contributed by atoms with E-state index in [2.05, 4.69) is 25.7 Å². The molecule has 0 saturated heterocycles. The van der Waals surface area contributed by atoms with Gasteiger partial charge < -0.3 is 19.0 Å². The minimum atomic E-state index is -0.483. The summed E-state index contributed by atoms with van der Waals surface area (Å²) >= 11 is 0. The van der Waals surface area contributed by atoms with Gasteiger partial charge in [-0.25, -0.2) is 0 Å². The van der Waals surface area contributed by atoms with E-state index in [0.717, 1.165) is 55.8 Å². The molecule has 1 amide bonds. The quantitative estimate of drug-likeness (QED) is 0.339. The predicted octanol–water partition coefficient (Wildman–Crippen LogP) is 5.56. The maximum atomic E-state index is 13.7. The Kier molecular flexibility index (Phi) is 7.91. The van der Waals surface area contributed by atoms with E-state index >= 15 is 0 Å². The fourth-order valence-electron chi connectivity index (χ4n) is 4.79. The summed E-state index contributed by atoms with van der Waals surface area (Å²) in [5.74, 6) is 0.734. The maximum absolute atomic E-state index is 13.7. The molecule has 0 N–H and O–H groups in total. The molecular formula is C29H36N2O4. The lowest BCUT2D eigenvalue weighted by Crippen LogP contribution is -2.37. The van der Waals surface area contributed by atoms with Crippen LogP contribution in [0.1, 0.15) is 73.3 Å². The topological polar surface area (TPSA) is 63.0 Å². The first-order valence-electron chi connectivity index (χ1n) is 12.8. The van der Waals surface area contributed by atoms with Crippen molar-refractivity contribution in [3.05, 3.63) is 75.1 Å². The van der Waals surface area contributed by atoms with Gasteiger partial charge in [-0.1, -0.05) is 57.4 Å². The van der Waals surface area contributed by atoms with Gasteiger partial charge in [0.05, 0.1) is 23.6 Å². The van der Waals surface area contributed by atoms with Crippen LogP contribution in [0.3, 0.4) is 0 Å². The average Bonchev–Trinajstić information content (AvgIpc) is 3.15. The van der Waals surface area contributed by atoms with Gasteiger partial charge >= 0.3 is 0 Å². The second-order valence-corrected chi connectivity index (χ2v) is 9.23. The van der Waals surface area contributed by atoms with Crippen LogP contribution in [0.5, 0.6) is 5.75 Å². The zero-order valence-corrected chi connectivity index (χ0v) is 21.3. The van der Waals surface area contributed by atoms with Crippen molar-refractivity contribution in [1.29, 1.82) is 0 Å². The van der Waals surface area contributed by atoms with Gasteiger partial charge in [0.2, 0.25) is 5.76 Å². The number of aryl methyl sites for hydroxylation is 1. The summed E-state index contributed by atoms with van der Waals surface area (Å²) in [6, 6.07) is 12.8. The van der Waals surface area contributed by atoms with Crippen LogP contribution >= 0.6 is 0 Å². The monoisotopic (exact) mass is 476 g/mol. The first-order chi connectivity index (χ1) is 17.0. The molecule has 2 heterocycles. The second-order valence-electron chi connectivity index (χ2n) is 9.23. The van der Waals surface area contributed by atoms with Gasteiger partial charge in [0.1, 0.15) is 11.3 Å². The summed E-state index contributed by atoms with van der Waals surface area (Å²) in [6.45, 7) is 12.1. The maximum Gasteiger partial charge on any atom is 0.290 e. The summed E-state index contributed by atoms with van der Waals surface area (Å²) in [5.41, 5.74) is 2.62. The molecule has 4 rings (SSSR count). The van der Waals surface area contributed by atoms with E-state index in [4.69, 9.17) is 9.15 Å². The van der Waals surface area contributed by atoms with E-state index in [1.807, 2.05) is 43.3 Å². The molecule has 6 nitrogen and oxygen atoms in total. The molecule has 1 aliphatic rings. The third-order valence-electron chi connectivity index (χ3n) is 6.89. The average molecular weight is 477 g/mol. The van der Waals surface area contributed by atoms with Crippen molar-refractivity contribution in [3.63, 3.8) is 0 Å². The van der Waals surface area contributed by atoms with E-state index in [-0.39, 0.29) is 17.1 Å². The number of ether oxygens (including phenoxy) is 1. The molecule has 35 heavy (non-hydrogen) atoms. The summed E-state index contributed by atoms with van der Waals surface area (Å²) in [4.78, 5) is 31.3. The number of unbranched alkanes of at least 4 members (excludes halogenated alkanes) is 2. The zero-order valence-electron chi connectivity index (χ0n) is 21.3. The molecular weight excluding hydrogens is 440 g/mol. The van der Waals surface area contributed by atoms with Crippen LogP contribution in [-0.4, -0.2) is 48.5 Å². The standard InChI is InChI=1S/C29H36N2O4/c1-5-8-9-18-34-22-13-11-21(12-14-22)26-25-27(32)23-19-20(4)10-15-24(23)35-28(25)29(33)31(26)17-16-30(6-2)7-3/h10-15,19,26H,5-9,16-18H2,1-4H3. The molecule has 0 bridgehead atoms. The Morgan fingerprint density at radius 3 is 2.43 bits per heavy atom. The number of fused-ring (bicyclic) bond motifs is 2. The van der Waals surface area contributed by atoms with Gasteiger partial charge in [-0.05, 0) is 56.3 Å². The molecule has 3 aromatic rings. The van der Waals surface area contributed by atoms with Crippen LogP contribution < -0.4 is 10.2 Å². The number of rotatable bonds is 11. The first-order valence-corrected chi connectivity index (χ1v) is 12.8. The highest BCUT2D eigenvalue weighted by atomic mass is 16.5. The molecule has 0 saturated carbocycles. The van der Waals surface area contributed by atoms with Gasteiger partial charge in [0.25, 0.3) is 5.91 Å². The van der Waals surface area contributed by atoms with Gasteiger partial charge in [-0.15, -0.1) is 0 Å². The minimum absolute atomic E-state index is 0.131. The minimum Gasteiger partial charge on any atom is -0.494 e. The Bertz CT molecular complexity index is 1230.